The summed E-state index contributed by atoms with van der Waals surface area (Å²) in [6.45, 7) is 4.72. The van der Waals surface area contributed by atoms with Gasteiger partial charge >= 0.3 is 0 Å². The summed E-state index contributed by atoms with van der Waals surface area (Å²) in [5, 5.41) is 12.6. The third kappa shape index (κ3) is 4.45. The van der Waals surface area contributed by atoms with Crippen molar-refractivity contribution in [2.75, 3.05) is 13.2 Å². The van der Waals surface area contributed by atoms with Crippen LogP contribution in [0.4, 0.5) is 0 Å². The predicted octanol–water partition coefficient (Wildman–Crippen LogP) is 0.200. The van der Waals surface area contributed by atoms with E-state index in [0.29, 0.717) is 19.0 Å². The topological polar surface area (TPSA) is 84.2 Å². The van der Waals surface area contributed by atoms with Crippen LogP contribution in [0, 0.1) is 5.92 Å². The smallest absolute Gasteiger partial charge is 0.243 e. The fourth-order valence-corrected chi connectivity index (χ4v) is 2.27. The van der Waals surface area contributed by atoms with Crippen molar-refractivity contribution in [2.45, 2.75) is 31.7 Å². The van der Waals surface area contributed by atoms with Gasteiger partial charge in [0, 0.05) is 12.7 Å². The molecule has 0 saturated heterocycles. The first-order valence-electron chi connectivity index (χ1n) is 5.58. The van der Waals surface area contributed by atoms with Gasteiger partial charge in [0.15, 0.2) is 0 Å². The number of aliphatic hydroxyl groups excluding tert-OH is 1. The Hall–Kier alpha value is -0.920. The van der Waals surface area contributed by atoms with Crippen LogP contribution in [0.5, 0.6) is 0 Å². The van der Waals surface area contributed by atoms with Crippen LogP contribution in [0.3, 0.4) is 0 Å². The molecule has 0 aliphatic heterocycles. The Balaban J connectivity index is 2.62. The van der Waals surface area contributed by atoms with Gasteiger partial charge < -0.3 is 5.11 Å². The molecule has 0 aromatic carbocycles. The minimum atomic E-state index is -3.47. The summed E-state index contributed by atoms with van der Waals surface area (Å²) in [6, 6.07) is 0. The highest BCUT2D eigenvalue weighted by Crippen LogP contribution is 2.07. The van der Waals surface area contributed by atoms with Crippen molar-refractivity contribution in [3.63, 3.8) is 0 Å². The molecule has 6 nitrogen and oxygen atoms in total. The Labute approximate surface area is 102 Å². The van der Waals surface area contributed by atoms with Crippen molar-refractivity contribution in [1.29, 1.82) is 0 Å². The van der Waals surface area contributed by atoms with E-state index in [1.165, 1.54) is 17.1 Å². The summed E-state index contributed by atoms with van der Waals surface area (Å²) in [4.78, 5) is 0.134. The molecular formula is C10H19N3O3S. The number of rotatable bonds is 7. The lowest BCUT2D eigenvalue weighted by molar-refractivity contribution is 0.269. The summed E-state index contributed by atoms with van der Waals surface area (Å²) >= 11 is 0. The van der Waals surface area contributed by atoms with E-state index in [4.69, 9.17) is 5.11 Å². The van der Waals surface area contributed by atoms with Gasteiger partial charge in [0.1, 0.15) is 4.90 Å². The SMILES string of the molecule is CC(C)CCNS(=O)(=O)c1cnn(CCO)c1. The Bertz CT molecular complexity index is 439. The van der Waals surface area contributed by atoms with Gasteiger partial charge in [-0.1, -0.05) is 13.8 Å². The highest BCUT2D eigenvalue weighted by molar-refractivity contribution is 7.89. The quantitative estimate of drug-likeness (QED) is 0.734. The van der Waals surface area contributed by atoms with Gasteiger partial charge in [-0.15, -0.1) is 0 Å². The molecule has 0 spiro atoms. The maximum absolute atomic E-state index is 11.8. The van der Waals surface area contributed by atoms with Crippen LogP contribution in [0.15, 0.2) is 17.3 Å². The Kier molecular flexibility index (Phi) is 5.10. The normalized spacial score (nSPS) is 12.2. The van der Waals surface area contributed by atoms with Gasteiger partial charge in [-0.3, -0.25) is 4.68 Å². The fraction of sp³-hybridized carbons (Fsp3) is 0.700. The maximum atomic E-state index is 11.8. The first-order valence-corrected chi connectivity index (χ1v) is 7.07. The summed E-state index contributed by atoms with van der Waals surface area (Å²) in [7, 11) is -3.47. The number of hydrogen-bond acceptors (Lipinski definition) is 4. The molecule has 1 aromatic heterocycles. The van der Waals surface area contributed by atoms with Crippen LogP contribution in [0.25, 0.3) is 0 Å². The highest BCUT2D eigenvalue weighted by atomic mass is 32.2. The van der Waals surface area contributed by atoms with Crippen LogP contribution in [-0.4, -0.2) is 36.5 Å². The minimum Gasteiger partial charge on any atom is -0.394 e. The van der Waals surface area contributed by atoms with Crippen molar-refractivity contribution < 1.29 is 13.5 Å². The number of aliphatic hydroxyl groups is 1. The average molecular weight is 261 g/mol. The van der Waals surface area contributed by atoms with E-state index in [2.05, 4.69) is 9.82 Å². The Morgan fingerprint density at radius 2 is 2.24 bits per heavy atom. The molecule has 0 atom stereocenters. The Morgan fingerprint density at radius 1 is 1.53 bits per heavy atom. The van der Waals surface area contributed by atoms with E-state index in [1.807, 2.05) is 13.8 Å². The molecule has 1 heterocycles. The first-order chi connectivity index (χ1) is 7.95. The number of nitrogens with zero attached hydrogens (tertiary/aromatic N) is 2. The molecular weight excluding hydrogens is 242 g/mol. The molecule has 1 rings (SSSR count). The van der Waals surface area contributed by atoms with Gasteiger partial charge in [0.2, 0.25) is 10.0 Å². The lowest BCUT2D eigenvalue weighted by atomic mass is 10.1. The molecule has 17 heavy (non-hydrogen) atoms. The second kappa shape index (κ2) is 6.13. The molecule has 0 aliphatic rings. The van der Waals surface area contributed by atoms with Crippen LogP contribution in [-0.2, 0) is 16.6 Å². The third-order valence-electron chi connectivity index (χ3n) is 2.26. The molecule has 0 amide bonds. The van der Waals surface area contributed by atoms with Crippen LogP contribution in [0.1, 0.15) is 20.3 Å². The van der Waals surface area contributed by atoms with Crippen LogP contribution in [0.2, 0.25) is 0 Å². The molecule has 7 heteroatoms. The largest absolute Gasteiger partial charge is 0.394 e. The molecule has 0 saturated carbocycles. The number of hydrogen-bond donors (Lipinski definition) is 2. The second-order valence-electron chi connectivity index (χ2n) is 4.24. The number of sulfonamides is 1. The van der Waals surface area contributed by atoms with Gasteiger partial charge in [-0.05, 0) is 12.3 Å². The lowest BCUT2D eigenvalue weighted by Gasteiger charge is -2.06. The van der Waals surface area contributed by atoms with Gasteiger partial charge in [0.05, 0.1) is 19.3 Å². The van der Waals surface area contributed by atoms with Crippen molar-refractivity contribution in [3.8, 4) is 0 Å². The summed E-state index contributed by atoms with van der Waals surface area (Å²) in [5.41, 5.74) is 0. The first kappa shape index (κ1) is 14.1. The van der Waals surface area contributed by atoms with Gasteiger partial charge in [-0.25, -0.2) is 13.1 Å². The van der Waals surface area contributed by atoms with E-state index in [0.717, 1.165) is 6.42 Å². The van der Waals surface area contributed by atoms with E-state index >= 15 is 0 Å². The lowest BCUT2D eigenvalue weighted by Crippen LogP contribution is -2.25. The van der Waals surface area contributed by atoms with E-state index in [9.17, 15) is 8.42 Å². The zero-order chi connectivity index (χ0) is 12.9. The standard InChI is InChI=1S/C10H19N3O3S/c1-9(2)3-4-12-17(15,16)10-7-11-13(8-10)5-6-14/h7-9,12,14H,3-6H2,1-2H3. The number of aromatic nitrogens is 2. The fourth-order valence-electron chi connectivity index (χ4n) is 1.27. The molecule has 0 radical (unpaired) electrons. The molecule has 0 bridgehead atoms. The summed E-state index contributed by atoms with van der Waals surface area (Å²) in [5.74, 6) is 0.454. The second-order valence-corrected chi connectivity index (χ2v) is 6.01. The van der Waals surface area contributed by atoms with Crippen molar-refractivity contribution in [2.24, 2.45) is 5.92 Å². The monoisotopic (exact) mass is 261 g/mol. The predicted molar refractivity (Wildman–Crippen MR) is 64.0 cm³/mol. The molecule has 2 N–H and O–H groups in total. The zero-order valence-corrected chi connectivity index (χ0v) is 10.9. The molecule has 98 valence electrons. The van der Waals surface area contributed by atoms with Crippen LogP contribution >= 0.6 is 0 Å². The Morgan fingerprint density at radius 3 is 2.82 bits per heavy atom. The van der Waals surface area contributed by atoms with Gasteiger partial charge in [-0.2, -0.15) is 5.10 Å². The molecule has 1 aromatic rings. The maximum Gasteiger partial charge on any atom is 0.243 e. The minimum absolute atomic E-state index is 0.0675. The number of nitrogens with one attached hydrogen (secondary N) is 1. The summed E-state index contributed by atoms with van der Waals surface area (Å²) < 4.78 is 27.5. The third-order valence-corrected chi connectivity index (χ3v) is 3.68. The van der Waals surface area contributed by atoms with E-state index in [1.54, 1.807) is 0 Å². The van der Waals surface area contributed by atoms with Crippen molar-refractivity contribution in [1.82, 2.24) is 14.5 Å². The summed E-state index contributed by atoms with van der Waals surface area (Å²) in [6.07, 6.45) is 3.49. The molecule has 0 unspecified atom stereocenters. The zero-order valence-electron chi connectivity index (χ0n) is 10.1. The van der Waals surface area contributed by atoms with E-state index in [-0.39, 0.29) is 11.5 Å². The van der Waals surface area contributed by atoms with Crippen LogP contribution < -0.4 is 4.72 Å². The average Bonchev–Trinajstić information content (AvgIpc) is 2.66. The van der Waals surface area contributed by atoms with E-state index < -0.39 is 10.0 Å². The molecule has 0 fully saturated rings. The van der Waals surface area contributed by atoms with Crippen molar-refractivity contribution in [3.05, 3.63) is 12.4 Å². The van der Waals surface area contributed by atoms with Gasteiger partial charge in [0.25, 0.3) is 0 Å². The highest BCUT2D eigenvalue weighted by Gasteiger charge is 2.15. The van der Waals surface area contributed by atoms with Crippen molar-refractivity contribution >= 4 is 10.0 Å². The molecule has 0 aliphatic carbocycles.